The van der Waals surface area contributed by atoms with Crippen molar-refractivity contribution in [2.75, 3.05) is 0 Å². The monoisotopic (exact) mass is 908 g/mol. The molecule has 1 unspecified atom stereocenters. The summed E-state index contributed by atoms with van der Waals surface area (Å²) in [5.74, 6) is 0.361. The third-order valence-corrected chi connectivity index (χ3v) is 16.4. The maximum atomic E-state index is 5.36. The number of thioether (sulfide) groups is 1. The maximum absolute atomic E-state index is 5.36. The average Bonchev–Trinajstić information content (AvgIpc) is 3.50. The van der Waals surface area contributed by atoms with E-state index in [1.165, 1.54) is 110 Å². The molecule has 0 saturated heterocycles. The van der Waals surface area contributed by atoms with Crippen LogP contribution in [-0.4, -0.2) is 10.3 Å². The minimum Gasteiger partial charge on any atom is -0.309 e. The molecule has 69 heavy (non-hydrogen) atoms. The van der Waals surface area contributed by atoms with Gasteiger partial charge in [-0.1, -0.05) is 187 Å². The number of hydrogen-bond acceptors (Lipinski definition) is 2. The lowest BCUT2D eigenvalue weighted by Gasteiger charge is -2.18. The van der Waals surface area contributed by atoms with Crippen molar-refractivity contribution in [3.63, 3.8) is 0 Å². The molecule has 8 aromatic carbocycles. The molecule has 12 rings (SSSR count). The molecule has 3 aliphatic rings. The zero-order chi connectivity index (χ0) is 46.3. The number of aryl methyl sites for hydroxylation is 2. The Kier molecular flexibility index (Phi) is 11.7. The Morgan fingerprint density at radius 1 is 0.493 bits per heavy atom. The van der Waals surface area contributed by atoms with Gasteiger partial charge in [0.2, 0.25) is 0 Å². The van der Waals surface area contributed by atoms with E-state index >= 15 is 0 Å². The summed E-state index contributed by atoms with van der Waals surface area (Å²) in [5, 5.41) is 2.60. The molecule has 0 radical (unpaired) electrons. The van der Waals surface area contributed by atoms with Gasteiger partial charge in [0, 0.05) is 37.9 Å². The topological polar surface area (TPSA) is 17.3 Å². The molecule has 1 aromatic heterocycles. The fraction of sp³-hybridized carbons (Fsp3) is 0.167. The predicted molar refractivity (Wildman–Crippen MR) is 294 cm³/mol. The Labute approximate surface area is 411 Å². The van der Waals surface area contributed by atoms with Crippen LogP contribution in [0.5, 0.6) is 0 Å². The van der Waals surface area contributed by atoms with E-state index in [0.29, 0.717) is 5.92 Å². The number of benzene rings is 8. The minimum atomic E-state index is 0.361. The van der Waals surface area contributed by atoms with Gasteiger partial charge in [0.05, 0.1) is 16.7 Å². The minimum absolute atomic E-state index is 0.361. The fourth-order valence-electron chi connectivity index (χ4n) is 11.4. The van der Waals surface area contributed by atoms with Crippen molar-refractivity contribution in [2.45, 2.75) is 76.0 Å². The number of aliphatic imine (C=N–C) groups is 1. The van der Waals surface area contributed by atoms with Crippen molar-refractivity contribution in [1.29, 1.82) is 0 Å². The van der Waals surface area contributed by atoms with Crippen LogP contribution in [-0.2, 0) is 12.8 Å². The molecular weight excluding hydrogens is 853 g/mol. The molecule has 0 saturated carbocycles. The number of fused-ring (bicyclic) bond motifs is 7. The molecule has 0 bridgehead atoms. The Hall–Kier alpha value is -7.20. The van der Waals surface area contributed by atoms with Gasteiger partial charge in [0.25, 0.3) is 0 Å². The summed E-state index contributed by atoms with van der Waals surface area (Å²) in [7, 11) is 0. The quantitative estimate of drug-likeness (QED) is 0.162. The first kappa shape index (κ1) is 43.1. The lowest BCUT2D eigenvalue weighted by atomic mass is 9.86. The van der Waals surface area contributed by atoms with Crippen LogP contribution in [0.1, 0.15) is 103 Å². The molecule has 2 aliphatic heterocycles. The Morgan fingerprint density at radius 2 is 1.22 bits per heavy atom. The third kappa shape index (κ3) is 8.34. The molecule has 1 atom stereocenters. The highest BCUT2D eigenvalue weighted by molar-refractivity contribution is 8.08. The fourth-order valence-corrected chi connectivity index (χ4v) is 12.6. The van der Waals surface area contributed by atoms with Gasteiger partial charge in [-0.05, 0) is 163 Å². The largest absolute Gasteiger partial charge is 0.309 e. The Bertz CT molecular complexity index is 3530. The summed E-state index contributed by atoms with van der Waals surface area (Å²) < 4.78 is 2.53. The average molecular weight is 909 g/mol. The number of allylic oxidation sites excluding steroid dienone is 4. The normalized spacial score (nSPS) is 18.3. The van der Waals surface area contributed by atoms with Crippen molar-refractivity contribution in [2.24, 2.45) is 4.99 Å². The molecule has 0 N–H and O–H groups in total. The molecule has 1 aliphatic carbocycles. The van der Waals surface area contributed by atoms with Crippen LogP contribution >= 0.6 is 11.8 Å². The van der Waals surface area contributed by atoms with Crippen molar-refractivity contribution >= 4 is 55.5 Å². The van der Waals surface area contributed by atoms with Crippen LogP contribution in [0.25, 0.3) is 54.8 Å². The molecular formula is C66H56N2S. The molecule has 0 amide bonds. The standard InChI is InChI=1S/C66H56N2S/c1-44-33-39-62(48-22-10-5-11-23-48)67-61(47-20-8-4-9-21-47)30-17-29-54(44)51-36-35-49-34-32-45(2)66(69-65(49)42-51)52-24-16-25-53(40-52)68-63-31-15-14-28-58(63)60-43-59-50(41-64(60)68)37-38-55(46-18-6-3-7-19-46)56-26-12-13-27-57(56)59/h3-16,18-28,30-31,35-36,40-43,55H,17,29,32-34,37-39H2,1-2H3/b54-44+,61-30-,67-62?. The van der Waals surface area contributed by atoms with Crippen LogP contribution in [0, 0.1) is 0 Å². The molecule has 3 heteroatoms. The highest BCUT2D eigenvalue weighted by Crippen LogP contribution is 2.47. The van der Waals surface area contributed by atoms with Gasteiger partial charge in [0.1, 0.15) is 0 Å². The SMILES string of the molecule is CC1=C(c2cccc(-n3c4ccccc4c4cc5c(cc43)CCC(c3ccccc3)c3ccccc3-5)c2)Sc2cc(/C3=C(\C)CCC(c4ccccc4)=N/C(c4ccccc4)=C\CC3)ccc2CC1. The van der Waals surface area contributed by atoms with Crippen molar-refractivity contribution < 1.29 is 0 Å². The number of aromatic nitrogens is 1. The maximum Gasteiger partial charge on any atom is 0.0665 e. The Morgan fingerprint density at radius 3 is 2.06 bits per heavy atom. The van der Waals surface area contributed by atoms with Crippen LogP contribution < -0.4 is 0 Å². The second kappa shape index (κ2) is 18.7. The molecule has 9 aromatic rings. The smallest absolute Gasteiger partial charge is 0.0665 e. The van der Waals surface area contributed by atoms with E-state index in [2.05, 4.69) is 219 Å². The van der Waals surface area contributed by atoms with Gasteiger partial charge in [0.15, 0.2) is 0 Å². The van der Waals surface area contributed by atoms with E-state index in [1.54, 1.807) is 0 Å². The summed E-state index contributed by atoms with van der Waals surface area (Å²) in [4.78, 5) is 8.11. The van der Waals surface area contributed by atoms with Gasteiger partial charge in [-0.25, -0.2) is 0 Å². The molecule has 336 valence electrons. The summed E-state index contributed by atoms with van der Waals surface area (Å²) in [6, 6.07) is 72.5. The van der Waals surface area contributed by atoms with E-state index < -0.39 is 0 Å². The highest BCUT2D eigenvalue weighted by atomic mass is 32.2. The van der Waals surface area contributed by atoms with Gasteiger partial charge in [-0.15, -0.1) is 0 Å². The predicted octanol–water partition coefficient (Wildman–Crippen LogP) is 17.9. The molecule has 2 nitrogen and oxygen atoms in total. The van der Waals surface area contributed by atoms with Crippen molar-refractivity contribution in [3.8, 4) is 16.8 Å². The Balaban J connectivity index is 0.895. The first-order chi connectivity index (χ1) is 34.0. The van der Waals surface area contributed by atoms with Gasteiger partial charge < -0.3 is 4.57 Å². The van der Waals surface area contributed by atoms with E-state index in [9.17, 15) is 0 Å². The van der Waals surface area contributed by atoms with E-state index in [4.69, 9.17) is 4.99 Å². The first-order valence-electron chi connectivity index (χ1n) is 24.9. The van der Waals surface area contributed by atoms with Crippen molar-refractivity contribution in [3.05, 3.63) is 256 Å². The van der Waals surface area contributed by atoms with Crippen LogP contribution in [0.2, 0.25) is 0 Å². The second-order valence-electron chi connectivity index (χ2n) is 19.2. The van der Waals surface area contributed by atoms with Crippen LogP contribution in [0.4, 0.5) is 0 Å². The zero-order valence-corrected chi connectivity index (χ0v) is 40.4. The van der Waals surface area contributed by atoms with Crippen LogP contribution in [0.3, 0.4) is 0 Å². The molecule has 0 spiro atoms. The number of hydrogen-bond donors (Lipinski definition) is 0. The van der Waals surface area contributed by atoms with Gasteiger partial charge in [-0.2, -0.15) is 0 Å². The van der Waals surface area contributed by atoms with Crippen molar-refractivity contribution in [1.82, 2.24) is 4.57 Å². The van der Waals surface area contributed by atoms with E-state index in [-0.39, 0.29) is 0 Å². The van der Waals surface area contributed by atoms with E-state index in [1.807, 2.05) is 11.8 Å². The highest BCUT2D eigenvalue weighted by Gasteiger charge is 2.26. The number of para-hydroxylation sites is 1. The number of nitrogens with zero attached hydrogens (tertiary/aromatic N) is 2. The van der Waals surface area contributed by atoms with Gasteiger partial charge >= 0.3 is 0 Å². The third-order valence-electron chi connectivity index (χ3n) is 15.0. The molecule has 3 heterocycles. The summed E-state index contributed by atoms with van der Waals surface area (Å²) in [6.45, 7) is 4.71. The second-order valence-corrected chi connectivity index (χ2v) is 20.3. The summed E-state index contributed by atoms with van der Waals surface area (Å²) in [5.41, 5.74) is 23.8. The summed E-state index contributed by atoms with van der Waals surface area (Å²) in [6.07, 6.45) is 10.3. The lowest BCUT2D eigenvalue weighted by molar-refractivity contribution is 0.726. The number of rotatable bonds is 6. The summed E-state index contributed by atoms with van der Waals surface area (Å²) >= 11 is 1.97. The molecule has 0 fully saturated rings. The van der Waals surface area contributed by atoms with E-state index in [0.717, 1.165) is 62.8 Å². The lowest BCUT2D eigenvalue weighted by Crippen LogP contribution is -2.04. The van der Waals surface area contributed by atoms with Gasteiger partial charge in [-0.3, -0.25) is 4.99 Å². The zero-order valence-electron chi connectivity index (χ0n) is 39.6. The first-order valence-corrected chi connectivity index (χ1v) is 25.7. The van der Waals surface area contributed by atoms with Crippen LogP contribution in [0.15, 0.2) is 221 Å².